The molecule has 2 heterocycles. The molecule has 0 unspecified atom stereocenters. The van der Waals surface area contributed by atoms with E-state index in [0.717, 1.165) is 25.9 Å². The first-order valence-corrected chi connectivity index (χ1v) is 7.68. The zero-order valence-electron chi connectivity index (χ0n) is 12.3. The number of hydrogen-bond donors (Lipinski definition) is 1. The first-order valence-electron chi connectivity index (χ1n) is 7.68. The van der Waals surface area contributed by atoms with Gasteiger partial charge in [0.1, 0.15) is 11.4 Å². The maximum Gasteiger partial charge on any atom is 0.259 e. The average Bonchev–Trinajstić information content (AvgIpc) is 2.80. The molecular formula is C15H24N4O. The van der Waals surface area contributed by atoms with E-state index < -0.39 is 0 Å². The molecule has 2 aliphatic rings. The van der Waals surface area contributed by atoms with Crippen molar-refractivity contribution in [2.45, 2.75) is 44.9 Å². The molecule has 20 heavy (non-hydrogen) atoms. The van der Waals surface area contributed by atoms with E-state index in [9.17, 15) is 4.79 Å². The van der Waals surface area contributed by atoms with Gasteiger partial charge in [-0.15, -0.1) is 0 Å². The summed E-state index contributed by atoms with van der Waals surface area (Å²) in [7, 11) is 1.76. The quantitative estimate of drug-likeness (QED) is 0.855. The highest BCUT2D eigenvalue weighted by atomic mass is 16.2. The lowest BCUT2D eigenvalue weighted by atomic mass is 9.68. The molecule has 0 bridgehead atoms. The van der Waals surface area contributed by atoms with Crippen LogP contribution in [0.5, 0.6) is 0 Å². The normalized spacial score (nSPS) is 22.1. The van der Waals surface area contributed by atoms with E-state index in [-0.39, 0.29) is 5.91 Å². The van der Waals surface area contributed by atoms with Crippen LogP contribution in [0.25, 0.3) is 0 Å². The third kappa shape index (κ3) is 2.30. The summed E-state index contributed by atoms with van der Waals surface area (Å²) in [5.74, 6) is 0.509. The average molecular weight is 276 g/mol. The third-order valence-electron chi connectivity index (χ3n) is 5.24. The second-order valence-corrected chi connectivity index (χ2v) is 6.42. The Hall–Kier alpha value is -1.52. The van der Waals surface area contributed by atoms with Gasteiger partial charge in [0.2, 0.25) is 0 Å². The molecule has 2 N–H and O–H groups in total. The van der Waals surface area contributed by atoms with Crippen molar-refractivity contribution in [3.05, 3.63) is 11.8 Å². The number of carbonyl (C=O) groups is 1. The van der Waals surface area contributed by atoms with Gasteiger partial charge in [0, 0.05) is 20.1 Å². The highest BCUT2D eigenvalue weighted by molar-refractivity contribution is 5.98. The number of nitrogens with two attached hydrogens (primary N) is 1. The van der Waals surface area contributed by atoms with Gasteiger partial charge in [-0.25, -0.2) is 0 Å². The van der Waals surface area contributed by atoms with Gasteiger partial charge in [-0.2, -0.15) is 5.10 Å². The first kappa shape index (κ1) is 13.5. The molecule has 2 fully saturated rings. The van der Waals surface area contributed by atoms with Crippen LogP contribution in [0.2, 0.25) is 0 Å². The molecule has 1 spiro atoms. The van der Waals surface area contributed by atoms with Gasteiger partial charge in [-0.1, -0.05) is 19.3 Å². The molecule has 0 atom stereocenters. The van der Waals surface area contributed by atoms with E-state index in [1.165, 1.54) is 32.1 Å². The molecule has 1 aliphatic heterocycles. The molecular weight excluding hydrogens is 252 g/mol. The second kappa shape index (κ2) is 5.11. The van der Waals surface area contributed by atoms with Crippen molar-refractivity contribution in [1.82, 2.24) is 14.7 Å². The monoisotopic (exact) mass is 276 g/mol. The number of anilines is 1. The molecule has 1 aromatic heterocycles. The van der Waals surface area contributed by atoms with Gasteiger partial charge >= 0.3 is 0 Å². The van der Waals surface area contributed by atoms with Gasteiger partial charge in [-0.3, -0.25) is 9.48 Å². The second-order valence-electron chi connectivity index (χ2n) is 6.42. The predicted octanol–water partition coefficient (Wildman–Crippen LogP) is 2.19. The van der Waals surface area contributed by atoms with E-state index in [1.54, 1.807) is 17.9 Å². The van der Waals surface area contributed by atoms with Crippen LogP contribution >= 0.6 is 0 Å². The smallest absolute Gasteiger partial charge is 0.259 e. The minimum absolute atomic E-state index is 0.0428. The molecule has 0 radical (unpaired) electrons. The summed E-state index contributed by atoms with van der Waals surface area (Å²) in [6.07, 6.45) is 10.7. The Kier molecular flexibility index (Phi) is 3.44. The SMILES string of the molecule is Cn1ncc(C(=O)N2CCC3(CCCCC3)CC2)c1N. The molecule has 5 heteroatoms. The van der Waals surface area contributed by atoms with Gasteiger partial charge in [-0.05, 0) is 31.1 Å². The molecule has 1 aliphatic carbocycles. The Labute approximate surface area is 120 Å². The predicted molar refractivity (Wildman–Crippen MR) is 78.3 cm³/mol. The molecule has 110 valence electrons. The Morgan fingerprint density at radius 3 is 2.40 bits per heavy atom. The van der Waals surface area contributed by atoms with Crippen molar-refractivity contribution >= 4 is 11.7 Å². The van der Waals surface area contributed by atoms with Crippen LogP contribution in [-0.2, 0) is 7.05 Å². The molecule has 3 rings (SSSR count). The topological polar surface area (TPSA) is 64.2 Å². The van der Waals surface area contributed by atoms with E-state index in [2.05, 4.69) is 5.10 Å². The lowest BCUT2D eigenvalue weighted by molar-refractivity contribution is 0.0473. The van der Waals surface area contributed by atoms with Crippen LogP contribution in [0, 0.1) is 5.41 Å². The number of piperidine rings is 1. The number of carbonyl (C=O) groups excluding carboxylic acids is 1. The lowest BCUT2D eigenvalue weighted by Crippen LogP contribution is -2.44. The van der Waals surface area contributed by atoms with Crippen molar-refractivity contribution < 1.29 is 4.79 Å². The van der Waals surface area contributed by atoms with Gasteiger partial charge < -0.3 is 10.6 Å². The Bertz CT molecular complexity index is 492. The highest BCUT2D eigenvalue weighted by Crippen LogP contribution is 2.44. The Morgan fingerprint density at radius 1 is 1.20 bits per heavy atom. The standard InChI is InChI=1S/C15H24N4O/c1-18-13(16)12(11-17-18)14(20)19-9-7-15(8-10-19)5-3-2-4-6-15/h11H,2-10,16H2,1H3. The number of hydrogen-bond acceptors (Lipinski definition) is 3. The molecule has 5 nitrogen and oxygen atoms in total. The van der Waals surface area contributed by atoms with Crippen LogP contribution < -0.4 is 5.73 Å². The van der Waals surface area contributed by atoms with Gasteiger partial charge in [0.05, 0.1) is 6.20 Å². The maximum absolute atomic E-state index is 12.5. The molecule has 0 aromatic carbocycles. The summed E-state index contributed by atoms with van der Waals surface area (Å²) in [6, 6.07) is 0. The number of amides is 1. The summed E-state index contributed by atoms with van der Waals surface area (Å²) in [6.45, 7) is 1.74. The molecule has 1 aromatic rings. The van der Waals surface area contributed by atoms with Crippen LogP contribution in [0.1, 0.15) is 55.3 Å². The van der Waals surface area contributed by atoms with Crippen LogP contribution in [-0.4, -0.2) is 33.7 Å². The minimum Gasteiger partial charge on any atom is -0.383 e. The third-order valence-corrected chi connectivity index (χ3v) is 5.24. The minimum atomic E-state index is 0.0428. The maximum atomic E-state index is 12.5. The number of aromatic nitrogens is 2. The summed E-state index contributed by atoms with van der Waals surface area (Å²) in [5.41, 5.74) is 6.97. The highest BCUT2D eigenvalue weighted by Gasteiger charge is 2.37. The Morgan fingerprint density at radius 2 is 1.85 bits per heavy atom. The van der Waals surface area contributed by atoms with E-state index in [4.69, 9.17) is 5.73 Å². The first-order chi connectivity index (χ1) is 9.61. The molecule has 1 amide bonds. The number of nitrogens with zero attached hydrogens (tertiary/aromatic N) is 3. The summed E-state index contributed by atoms with van der Waals surface area (Å²) >= 11 is 0. The number of aryl methyl sites for hydroxylation is 1. The van der Waals surface area contributed by atoms with Crippen molar-refractivity contribution in [2.75, 3.05) is 18.8 Å². The van der Waals surface area contributed by atoms with E-state index in [1.807, 2.05) is 4.90 Å². The van der Waals surface area contributed by atoms with Gasteiger partial charge in [0.15, 0.2) is 0 Å². The number of nitrogen functional groups attached to an aromatic ring is 1. The fourth-order valence-electron chi connectivity index (χ4n) is 3.77. The van der Waals surface area contributed by atoms with Crippen molar-refractivity contribution in [3.63, 3.8) is 0 Å². The van der Waals surface area contributed by atoms with Crippen LogP contribution in [0.4, 0.5) is 5.82 Å². The summed E-state index contributed by atoms with van der Waals surface area (Å²) in [4.78, 5) is 14.4. The number of likely N-dealkylation sites (tertiary alicyclic amines) is 1. The van der Waals surface area contributed by atoms with Crippen LogP contribution in [0.15, 0.2) is 6.20 Å². The molecule has 1 saturated heterocycles. The fraction of sp³-hybridized carbons (Fsp3) is 0.733. The zero-order chi connectivity index (χ0) is 14.2. The van der Waals surface area contributed by atoms with Crippen molar-refractivity contribution in [1.29, 1.82) is 0 Å². The molecule has 1 saturated carbocycles. The summed E-state index contributed by atoms with van der Waals surface area (Å²) < 4.78 is 1.56. The number of rotatable bonds is 1. The fourth-order valence-corrected chi connectivity index (χ4v) is 3.77. The van der Waals surface area contributed by atoms with E-state index in [0.29, 0.717) is 16.8 Å². The van der Waals surface area contributed by atoms with E-state index >= 15 is 0 Å². The van der Waals surface area contributed by atoms with Crippen molar-refractivity contribution in [2.24, 2.45) is 12.5 Å². The zero-order valence-corrected chi connectivity index (χ0v) is 12.3. The lowest BCUT2D eigenvalue weighted by Gasteiger charge is -2.44. The summed E-state index contributed by atoms with van der Waals surface area (Å²) in [5, 5.41) is 4.06. The Balaban J connectivity index is 1.66. The van der Waals surface area contributed by atoms with Crippen LogP contribution in [0.3, 0.4) is 0 Å². The van der Waals surface area contributed by atoms with Crippen molar-refractivity contribution in [3.8, 4) is 0 Å². The largest absolute Gasteiger partial charge is 0.383 e. The van der Waals surface area contributed by atoms with Gasteiger partial charge in [0.25, 0.3) is 5.91 Å².